The molecule has 5 heteroatoms. The maximum atomic E-state index is 12.6. The fourth-order valence-electron chi connectivity index (χ4n) is 2.83. The maximum Gasteiger partial charge on any atom is 0.253 e. The molecule has 120 valence electrons. The van der Waals surface area contributed by atoms with Gasteiger partial charge in [-0.15, -0.1) is 0 Å². The molecule has 0 aliphatic carbocycles. The number of carbonyl (C=O) groups excluding carboxylic acids is 1. The second-order valence-electron chi connectivity index (χ2n) is 5.88. The molecule has 0 saturated carbocycles. The molecule has 1 aliphatic heterocycles. The number of sulfone groups is 1. The summed E-state index contributed by atoms with van der Waals surface area (Å²) >= 11 is 0. The number of benzene rings is 2. The molecule has 2 aromatic rings. The minimum Gasteiger partial charge on any atom is -0.336 e. The lowest BCUT2D eigenvalue weighted by Crippen LogP contribution is -2.45. The molecule has 1 saturated heterocycles. The van der Waals surface area contributed by atoms with Crippen LogP contribution in [0.5, 0.6) is 0 Å². The summed E-state index contributed by atoms with van der Waals surface area (Å²) in [6.07, 6.45) is 0. The zero-order chi connectivity index (χ0) is 16.4. The van der Waals surface area contributed by atoms with Gasteiger partial charge in [-0.1, -0.05) is 48.0 Å². The van der Waals surface area contributed by atoms with Crippen LogP contribution in [-0.2, 0) is 9.84 Å². The molecule has 0 spiro atoms. The first-order valence-electron chi connectivity index (χ1n) is 7.60. The van der Waals surface area contributed by atoms with E-state index in [1.807, 2.05) is 49.4 Å². The van der Waals surface area contributed by atoms with Crippen molar-refractivity contribution in [1.82, 2.24) is 4.90 Å². The summed E-state index contributed by atoms with van der Waals surface area (Å²) in [6.45, 7) is 2.42. The molecule has 0 aromatic heterocycles. The summed E-state index contributed by atoms with van der Waals surface area (Å²) in [4.78, 5) is 14.3. The minimum atomic E-state index is -3.23. The molecule has 4 nitrogen and oxygen atoms in total. The quantitative estimate of drug-likeness (QED) is 0.851. The number of hydrogen-bond acceptors (Lipinski definition) is 3. The van der Waals surface area contributed by atoms with Crippen LogP contribution in [0.2, 0.25) is 0 Å². The van der Waals surface area contributed by atoms with E-state index >= 15 is 0 Å². The van der Waals surface area contributed by atoms with Crippen molar-refractivity contribution in [1.29, 1.82) is 0 Å². The number of amides is 1. The van der Waals surface area contributed by atoms with Crippen molar-refractivity contribution in [3.05, 3.63) is 71.3 Å². The van der Waals surface area contributed by atoms with Crippen molar-refractivity contribution in [2.75, 3.05) is 18.8 Å². The van der Waals surface area contributed by atoms with E-state index in [-0.39, 0.29) is 24.7 Å². The van der Waals surface area contributed by atoms with Crippen molar-refractivity contribution in [2.24, 2.45) is 0 Å². The van der Waals surface area contributed by atoms with Crippen molar-refractivity contribution in [2.45, 2.75) is 12.2 Å². The molecule has 2 aromatic carbocycles. The van der Waals surface area contributed by atoms with Crippen LogP contribution in [0.3, 0.4) is 0 Å². The summed E-state index contributed by atoms with van der Waals surface area (Å²) in [6, 6.07) is 16.5. The van der Waals surface area contributed by atoms with Crippen LogP contribution >= 0.6 is 0 Å². The Morgan fingerprint density at radius 3 is 2.35 bits per heavy atom. The van der Waals surface area contributed by atoms with E-state index < -0.39 is 15.1 Å². The van der Waals surface area contributed by atoms with E-state index in [1.165, 1.54) is 0 Å². The van der Waals surface area contributed by atoms with Gasteiger partial charge in [0.1, 0.15) is 5.25 Å². The fraction of sp³-hybridized carbons (Fsp3) is 0.278. The van der Waals surface area contributed by atoms with Gasteiger partial charge in [-0.2, -0.15) is 0 Å². The Morgan fingerprint density at radius 2 is 1.70 bits per heavy atom. The predicted octanol–water partition coefficient (Wildman–Crippen LogP) is 2.61. The third-order valence-electron chi connectivity index (χ3n) is 4.22. The van der Waals surface area contributed by atoms with Gasteiger partial charge < -0.3 is 4.90 Å². The van der Waals surface area contributed by atoms with Gasteiger partial charge in [0.15, 0.2) is 9.84 Å². The van der Waals surface area contributed by atoms with Crippen LogP contribution in [0, 0.1) is 6.92 Å². The molecule has 23 heavy (non-hydrogen) atoms. The second kappa shape index (κ2) is 6.16. The van der Waals surface area contributed by atoms with Crippen molar-refractivity contribution in [3.8, 4) is 0 Å². The summed E-state index contributed by atoms with van der Waals surface area (Å²) in [5.74, 6) is -0.106. The first kappa shape index (κ1) is 15.7. The van der Waals surface area contributed by atoms with Gasteiger partial charge in [-0.3, -0.25) is 4.79 Å². The van der Waals surface area contributed by atoms with Gasteiger partial charge in [0.2, 0.25) is 0 Å². The molecule has 1 amide bonds. The molecular formula is C18H19NO3S. The largest absolute Gasteiger partial charge is 0.336 e. The normalized spacial score (nSPS) is 20.2. The molecule has 0 N–H and O–H groups in total. The minimum absolute atomic E-state index is 0.00413. The van der Waals surface area contributed by atoms with Gasteiger partial charge in [-0.05, 0) is 24.6 Å². The zero-order valence-electron chi connectivity index (χ0n) is 13.0. The first-order chi connectivity index (χ1) is 11.0. The Labute approximate surface area is 136 Å². The third-order valence-corrected chi connectivity index (χ3v) is 6.26. The summed E-state index contributed by atoms with van der Waals surface area (Å²) in [7, 11) is -3.23. The molecule has 1 unspecified atom stereocenters. The summed E-state index contributed by atoms with van der Waals surface area (Å²) in [5.41, 5.74) is 2.43. The lowest BCUT2D eigenvalue weighted by molar-refractivity contribution is 0.0758. The predicted molar refractivity (Wildman–Crippen MR) is 90.1 cm³/mol. The Morgan fingerprint density at radius 1 is 1.04 bits per heavy atom. The number of aryl methyl sites for hydroxylation is 1. The first-order valence-corrected chi connectivity index (χ1v) is 9.31. The number of nitrogens with zero attached hydrogens (tertiary/aromatic N) is 1. The van der Waals surface area contributed by atoms with Gasteiger partial charge in [0.05, 0.1) is 5.75 Å². The molecule has 1 atom stereocenters. The summed E-state index contributed by atoms with van der Waals surface area (Å²) in [5, 5.41) is -0.646. The van der Waals surface area contributed by atoms with Crippen molar-refractivity contribution in [3.63, 3.8) is 0 Å². The monoisotopic (exact) mass is 329 g/mol. The van der Waals surface area contributed by atoms with E-state index in [0.29, 0.717) is 5.56 Å². The zero-order valence-corrected chi connectivity index (χ0v) is 13.8. The van der Waals surface area contributed by atoms with Crippen molar-refractivity contribution >= 4 is 15.7 Å². The Balaban J connectivity index is 1.86. The van der Waals surface area contributed by atoms with Gasteiger partial charge in [-0.25, -0.2) is 8.42 Å². The van der Waals surface area contributed by atoms with E-state index in [2.05, 4.69) is 0 Å². The highest BCUT2D eigenvalue weighted by Gasteiger charge is 2.36. The van der Waals surface area contributed by atoms with E-state index in [0.717, 1.165) is 11.1 Å². The molecule has 1 fully saturated rings. The molecule has 0 bridgehead atoms. The highest BCUT2D eigenvalue weighted by Crippen LogP contribution is 2.28. The standard InChI is InChI=1S/C18H19NO3S/c1-14-7-9-16(10-8-14)18(20)19-11-12-23(21,22)17(13-19)15-5-3-2-4-6-15/h2-10,17H,11-13H2,1H3. The highest BCUT2D eigenvalue weighted by atomic mass is 32.2. The maximum absolute atomic E-state index is 12.6. The van der Waals surface area contributed by atoms with Crippen molar-refractivity contribution < 1.29 is 13.2 Å². The lowest BCUT2D eigenvalue weighted by atomic mass is 10.1. The van der Waals surface area contributed by atoms with Crippen LogP contribution in [-0.4, -0.2) is 38.1 Å². The number of rotatable bonds is 2. The lowest BCUT2D eigenvalue weighted by Gasteiger charge is -2.33. The van der Waals surface area contributed by atoms with E-state index in [9.17, 15) is 13.2 Å². The van der Waals surface area contributed by atoms with E-state index in [4.69, 9.17) is 0 Å². The van der Waals surface area contributed by atoms with Crippen LogP contribution in [0.25, 0.3) is 0 Å². The highest BCUT2D eigenvalue weighted by molar-refractivity contribution is 7.91. The van der Waals surface area contributed by atoms with Crippen LogP contribution < -0.4 is 0 Å². The summed E-state index contributed by atoms with van der Waals surface area (Å²) < 4.78 is 24.8. The number of hydrogen-bond donors (Lipinski definition) is 0. The fourth-order valence-corrected chi connectivity index (χ4v) is 4.57. The molecule has 0 radical (unpaired) electrons. The van der Waals surface area contributed by atoms with Gasteiger partial charge in [0, 0.05) is 18.7 Å². The Kier molecular flexibility index (Phi) is 4.22. The smallest absolute Gasteiger partial charge is 0.253 e. The molecule has 1 heterocycles. The van der Waals surface area contributed by atoms with Gasteiger partial charge in [0.25, 0.3) is 5.91 Å². The SMILES string of the molecule is Cc1ccc(C(=O)N2CCS(=O)(=O)C(c3ccccc3)C2)cc1. The topological polar surface area (TPSA) is 54.5 Å². The van der Waals surface area contributed by atoms with Gasteiger partial charge >= 0.3 is 0 Å². The number of carbonyl (C=O) groups is 1. The van der Waals surface area contributed by atoms with Crippen LogP contribution in [0.1, 0.15) is 26.7 Å². The third kappa shape index (κ3) is 3.29. The average molecular weight is 329 g/mol. The van der Waals surface area contributed by atoms with Crippen LogP contribution in [0.4, 0.5) is 0 Å². The average Bonchev–Trinajstić information content (AvgIpc) is 2.55. The van der Waals surface area contributed by atoms with E-state index in [1.54, 1.807) is 17.0 Å². The molecule has 1 aliphatic rings. The Hall–Kier alpha value is -2.14. The molecular weight excluding hydrogens is 310 g/mol. The second-order valence-corrected chi connectivity index (χ2v) is 8.19. The molecule has 3 rings (SSSR count). The Bertz CT molecular complexity index is 798. The van der Waals surface area contributed by atoms with Crippen LogP contribution in [0.15, 0.2) is 54.6 Å².